The highest BCUT2D eigenvalue weighted by molar-refractivity contribution is 5.92. The number of aromatic amines is 1. The Balaban J connectivity index is 2.85. The number of anilines is 1. The van der Waals surface area contributed by atoms with Gasteiger partial charge in [-0.3, -0.25) is 0 Å². The molecule has 3 N–H and O–H groups in total. The van der Waals surface area contributed by atoms with Gasteiger partial charge in [-0.1, -0.05) is 0 Å². The molecular weight excluding hydrogens is 166 g/mol. The minimum absolute atomic E-state index is 0.612. The summed E-state index contributed by atoms with van der Waals surface area (Å²) in [6.45, 7) is 1.98. The van der Waals surface area contributed by atoms with Gasteiger partial charge in [-0.05, 0) is 18.6 Å². The molecule has 0 amide bonds. The standard InChI is InChI=1S/C9H11N3O/c1-5-3-6(13-2)7(10)9-8(5)11-4-12-9/h3-4H,10H2,1-2H3,(H,11,12). The number of rotatable bonds is 1. The van der Waals surface area contributed by atoms with Crippen molar-refractivity contribution in [2.45, 2.75) is 6.92 Å². The van der Waals surface area contributed by atoms with E-state index in [4.69, 9.17) is 10.5 Å². The second kappa shape index (κ2) is 2.65. The molecule has 4 heteroatoms. The number of hydrogen-bond acceptors (Lipinski definition) is 3. The zero-order valence-electron chi connectivity index (χ0n) is 7.59. The number of benzene rings is 1. The largest absolute Gasteiger partial charge is 0.495 e. The van der Waals surface area contributed by atoms with Gasteiger partial charge in [0, 0.05) is 0 Å². The summed E-state index contributed by atoms with van der Waals surface area (Å²) in [6, 6.07) is 1.89. The fraction of sp³-hybridized carbons (Fsp3) is 0.222. The third-order valence-electron chi connectivity index (χ3n) is 2.12. The number of nitrogens with two attached hydrogens (primary N) is 1. The summed E-state index contributed by atoms with van der Waals surface area (Å²) in [5.41, 5.74) is 9.26. The first-order valence-corrected chi connectivity index (χ1v) is 4.00. The maximum absolute atomic E-state index is 5.85. The molecule has 0 saturated carbocycles. The molecule has 1 aromatic carbocycles. The number of methoxy groups -OCH3 is 1. The average Bonchev–Trinajstić information content (AvgIpc) is 2.60. The smallest absolute Gasteiger partial charge is 0.144 e. The Morgan fingerprint density at radius 2 is 2.31 bits per heavy atom. The second-order valence-electron chi connectivity index (χ2n) is 2.94. The first-order chi connectivity index (χ1) is 6.24. The highest BCUT2D eigenvalue weighted by atomic mass is 16.5. The fourth-order valence-corrected chi connectivity index (χ4v) is 1.43. The lowest BCUT2D eigenvalue weighted by atomic mass is 10.1. The number of fused-ring (bicyclic) bond motifs is 1. The SMILES string of the molecule is COc1cc(C)c2nc[nH]c2c1N. The van der Waals surface area contributed by atoms with Crippen molar-refractivity contribution >= 4 is 16.7 Å². The molecule has 68 valence electrons. The minimum Gasteiger partial charge on any atom is -0.495 e. The van der Waals surface area contributed by atoms with E-state index in [0.717, 1.165) is 16.6 Å². The average molecular weight is 177 g/mol. The van der Waals surface area contributed by atoms with Crippen LogP contribution in [0.5, 0.6) is 5.75 Å². The van der Waals surface area contributed by atoms with Crippen LogP contribution in [0.4, 0.5) is 5.69 Å². The van der Waals surface area contributed by atoms with Crippen molar-refractivity contribution in [1.29, 1.82) is 0 Å². The lowest BCUT2D eigenvalue weighted by Gasteiger charge is -2.06. The number of nitrogens with zero attached hydrogens (tertiary/aromatic N) is 1. The Morgan fingerprint density at radius 1 is 1.54 bits per heavy atom. The minimum atomic E-state index is 0.612. The second-order valence-corrected chi connectivity index (χ2v) is 2.94. The maximum Gasteiger partial charge on any atom is 0.144 e. The van der Waals surface area contributed by atoms with Gasteiger partial charge < -0.3 is 15.5 Å². The molecule has 0 atom stereocenters. The summed E-state index contributed by atoms with van der Waals surface area (Å²) in [5.74, 6) is 0.689. The molecule has 0 spiro atoms. The third kappa shape index (κ3) is 1.02. The summed E-state index contributed by atoms with van der Waals surface area (Å²) in [7, 11) is 1.60. The number of nitrogen functional groups attached to an aromatic ring is 1. The molecule has 0 bridgehead atoms. The van der Waals surface area contributed by atoms with E-state index in [1.807, 2.05) is 13.0 Å². The van der Waals surface area contributed by atoms with Crippen molar-refractivity contribution in [3.05, 3.63) is 18.0 Å². The van der Waals surface area contributed by atoms with Crippen LogP contribution >= 0.6 is 0 Å². The predicted octanol–water partition coefficient (Wildman–Crippen LogP) is 1.46. The van der Waals surface area contributed by atoms with Crippen molar-refractivity contribution in [1.82, 2.24) is 9.97 Å². The number of nitrogens with one attached hydrogen (secondary N) is 1. The molecule has 0 unspecified atom stereocenters. The zero-order valence-corrected chi connectivity index (χ0v) is 7.59. The van der Waals surface area contributed by atoms with Crippen LogP contribution in [0.15, 0.2) is 12.4 Å². The molecule has 0 radical (unpaired) electrons. The van der Waals surface area contributed by atoms with E-state index in [1.165, 1.54) is 0 Å². The van der Waals surface area contributed by atoms with Gasteiger partial charge in [0.2, 0.25) is 0 Å². The first kappa shape index (κ1) is 7.91. The van der Waals surface area contributed by atoms with E-state index in [9.17, 15) is 0 Å². The van der Waals surface area contributed by atoms with Gasteiger partial charge in [0.1, 0.15) is 11.4 Å². The Bertz CT molecular complexity index is 447. The molecule has 0 fully saturated rings. The zero-order chi connectivity index (χ0) is 9.42. The molecule has 1 aromatic heterocycles. The van der Waals surface area contributed by atoms with Gasteiger partial charge in [0.25, 0.3) is 0 Å². The van der Waals surface area contributed by atoms with Gasteiger partial charge in [-0.2, -0.15) is 0 Å². The van der Waals surface area contributed by atoms with Crippen LogP contribution < -0.4 is 10.5 Å². The summed E-state index contributed by atoms with van der Waals surface area (Å²) in [5, 5.41) is 0. The molecule has 0 saturated heterocycles. The molecule has 13 heavy (non-hydrogen) atoms. The molecule has 1 heterocycles. The van der Waals surface area contributed by atoms with E-state index in [0.29, 0.717) is 11.4 Å². The van der Waals surface area contributed by atoms with Gasteiger partial charge in [-0.25, -0.2) is 4.98 Å². The van der Waals surface area contributed by atoms with Crippen LogP contribution in [0.3, 0.4) is 0 Å². The molecule has 0 aliphatic rings. The predicted molar refractivity (Wildman–Crippen MR) is 51.8 cm³/mol. The van der Waals surface area contributed by atoms with Crippen molar-refractivity contribution in [3.63, 3.8) is 0 Å². The van der Waals surface area contributed by atoms with Crippen molar-refractivity contribution in [3.8, 4) is 5.75 Å². The van der Waals surface area contributed by atoms with Crippen LogP contribution in [0.25, 0.3) is 11.0 Å². The lowest BCUT2D eigenvalue weighted by molar-refractivity contribution is 0.417. The quantitative estimate of drug-likeness (QED) is 0.648. The van der Waals surface area contributed by atoms with Gasteiger partial charge in [0.15, 0.2) is 0 Å². The number of ether oxygens (including phenoxy) is 1. The van der Waals surface area contributed by atoms with Crippen LogP contribution in [0, 0.1) is 6.92 Å². The van der Waals surface area contributed by atoms with Crippen molar-refractivity contribution < 1.29 is 4.74 Å². The Hall–Kier alpha value is -1.71. The number of imidazole rings is 1. The molecule has 4 nitrogen and oxygen atoms in total. The maximum atomic E-state index is 5.85. The Morgan fingerprint density at radius 3 is 3.00 bits per heavy atom. The molecule has 2 aromatic rings. The van der Waals surface area contributed by atoms with Gasteiger partial charge in [-0.15, -0.1) is 0 Å². The highest BCUT2D eigenvalue weighted by Gasteiger charge is 2.09. The molecule has 0 aliphatic heterocycles. The number of aromatic nitrogens is 2. The molecule has 2 rings (SSSR count). The van der Waals surface area contributed by atoms with Gasteiger partial charge in [0.05, 0.1) is 24.5 Å². The first-order valence-electron chi connectivity index (χ1n) is 4.00. The highest BCUT2D eigenvalue weighted by Crippen LogP contribution is 2.30. The van der Waals surface area contributed by atoms with E-state index < -0.39 is 0 Å². The summed E-state index contributed by atoms with van der Waals surface area (Å²) < 4.78 is 5.13. The van der Waals surface area contributed by atoms with E-state index in [-0.39, 0.29) is 0 Å². The Labute approximate surface area is 75.7 Å². The van der Waals surface area contributed by atoms with Crippen molar-refractivity contribution in [2.75, 3.05) is 12.8 Å². The van der Waals surface area contributed by atoms with E-state index in [2.05, 4.69) is 9.97 Å². The third-order valence-corrected chi connectivity index (χ3v) is 2.12. The van der Waals surface area contributed by atoms with Crippen LogP contribution in [0.2, 0.25) is 0 Å². The summed E-state index contributed by atoms with van der Waals surface area (Å²) in [6.07, 6.45) is 1.63. The van der Waals surface area contributed by atoms with Crippen LogP contribution in [-0.4, -0.2) is 17.1 Å². The Kier molecular flexibility index (Phi) is 1.62. The number of H-pyrrole nitrogens is 1. The fourth-order valence-electron chi connectivity index (χ4n) is 1.43. The summed E-state index contributed by atoms with van der Waals surface area (Å²) >= 11 is 0. The van der Waals surface area contributed by atoms with Crippen molar-refractivity contribution in [2.24, 2.45) is 0 Å². The van der Waals surface area contributed by atoms with E-state index in [1.54, 1.807) is 13.4 Å². The normalized spacial score (nSPS) is 10.6. The monoisotopic (exact) mass is 177 g/mol. The molecule has 0 aliphatic carbocycles. The van der Waals surface area contributed by atoms with Crippen LogP contribution in [-0.2, 0) is 0 Å². The topological polar surface area (TPSA) is 63.9 Å². The number of hydrogen-bond donors (Lipinski definition) is 2. The van der Waals surface area contributed by atoms with Crippen LogP contribution in [0.1, 0.15) is 5.56 Å². The summed E-state index contributed by atoms with van der Waals surface area (Å²) in [4.78, 5) is 7.15. The molecular formula is C9H11N3O. The van der Waals surface area contributed by atoms with E-state index >= 15 is 0 Å². The van der Waals surface area contributed by atoms with Gasteiger partial charge >= 0.3 is 0 Å². The number of aryl methyl sites for hydroxylation is 1. The lowest BCUT2D eigenvalue weighted by Crippen LogP contribution is -1.94.